The molecule has 5 heteroatoms. The summed E-state index contributed by atoms with van der Waals surface area (Å²) in [4.78, 5) is 13.1. The molecule has 17 heavy (non-hydrogen) atoms. The van der Waals surface area contributed by atoms with Crippen molar-refractivity contribution in [2.45, 2.75) is 13.0 Å². The zero-order valence-electron chi connectivity index (χ0n) is 10.3. The molecule has 1 atom stereocenters. The van der Waals surface area contributed by atoms with E-state index in [4.69, 9.17) is 10.8 Å². The topological polar surface area (TPSA) is 66.6 Å². The first-order valence-electron chi connectivity index (χ1n) is 5.32. The summed E-state index contributed by atoms with van der Waals surface area (Å²) >= 11 is 1.74. The predicted molar refractivity (Wildman–Crippen MR) is 74.1 cm³/mol. The number of nitrogen functional groups attached to an aromatic ring is 1. The highest BCUT2D eigenvalue weighted by Gasteiger charge is 2.17. The van der Waals surface area contributed by atoms with Gasteiger partial charge < -0.3 is 15.7 Å². The van der Waals surface area contributed by atoms with E-state index in [2.05, 4.69) is 6.92 Å². The molecule has 1 rings (SSSR count). The van der Waals surface area contributed by atoms with Crippen LogP contribution < -0.4 is 10.6 Å². The Kier molecular flexibility index (Phi) is 4.69. The van der Waals surface area contributed by atoms with Crippen LogP contribution in [0.5, 0.6) is 0 Å². The van der Waals surface area contributed by atoms with Gasteiger partial charge in [0.25, 0.3) is 0 Å². The van der Waals surface area contributed by atoms with Crippen molar-refractivity contribution in [2.24, 2.45) is 0 Å². The van der Waals surface area contributed by atoms with Gasteiger partial charge in [0.2, 0.25) is 0 Å². The summed E-state index contributed by atoms with van der Waals surface area (Å²) in [6.45, 7) is 2.07. The molecule has 0 aliphatic rings. The minimum Gasteiger partial charge on any atom is -0.478 e. The lowest BCUT2D eigenvalue weighted by molar-refractivity contribution is 0.0697. The Bertz CT molecular complexity index is 409. The molecule has 0 saturated heterocycles. The molecule has 1 unspecified atom stereocenters. The quantitative estimate of drug-likeness (QED) is 0.788. The van der Waals surface area contributed by atoms with Crippen molar-refractivity contribution in [3.8, 4) is 0 Å². The monoisotopic (exact) mass is 254 g/mol. The van der Waals surface area contributed by atoms with Gasteiger partial charge in [0.05, 0.1) is 11.3 Å². The third-order valence-electron chi connectivity index (χ3n) is 2.70. The number of thioether (sulfide) groups is 1. The molecule has 0 aromatic heterocycles. The van der Waals surface area contributed by atoms with Crippen LogP contribution in [0.15, 0.2) is 18.2 Å². The van der Waals surface area contributed by atoms with E-state index in [1.165, 1.54) is 6.07 Å². The largest absolute Gasteiger partial charge is 0.478 e. The standard InChI is InChI=1S/C12H18N2O2S/c1-8(7-17-3)14(2)11-5-4-9(13)6-10(11)12(15)16/h4-6,8H,7,13H2,1-3H3,(H,15,16). The number of aromatic carboxylic acids is 1. The van der Waals surface area contributed by atoms with Crippen molar-refractivity contribution in [1.82, 2.24) is 0 Å². The van der Waals surface area contributed by atoms with Gasteiger partial charge in [-0.15, -0.1) is 0 Å². The first-order chi connectivity index (χ1) is 7.97. The van der Waals surface area contributed by atoms with Crippen LogP contribution in [0.3, 0.4) is 0 Å². The first-order valence-corrected chi connectivity index (χ1v) is 6.71. The maximum Gasteiger partial charge on any atom is 0.337 e. The van der Waals surface area contributed by atoms with Crippen molar-refractivity contribution in [3.05, 3.63) is 23.8 Å². The number of anilines is 2. The van der Waals surface area contributed by atoms with E-state index < -0.39 is 5.97 Å². The van der Waals surface area contributed by atoms with E-state index in [0.29, 0.717) is 11.4 Å². The number of benzene rings is 1. The van der Waals surface area contributed by atoms with Crippen LogP contribution in [-0.2, 0) is 0 Å². The summed E-state index contributed by atoms with van der Waals surface area (Å²) in [7, 11) is 1.90. The fraction of sp³-hybridized carbons (Fsp3) is 0.417. The van der Waals surface area contributed by atoms with Gasteiger partial charge in [0, 0.05) is 24.5 Å². The third-order valence-corrected chi connectivity index (χ3v) is 3.52. The van der Waals surface area contributed by atoms with Gasteiger partial charge >= 0.3 is 5.97 Å². The smallest absolute Gasteiger partial charge is 0.337 e. The molecule has 0 radical (unpaired) electrons. The van der Waals surface area contributed by atoms with Gasteiger partial charge in [0.15, 0.2) is 0 Å². The van der Waals surface area contributed by atoms with E-state index in [0.717, 1.165) is 5.75 Å². The number of carboxylic acid groups (broad SMARTS) is 1. The van der Waals surface area contributed by atoms with E-state index in [1.807, 2.05) is 18.2 Å². The molecule has 0 aliphatic carbocycles. The zero-order valence-corrected chi connectivity index (χ0v) is 11.1. The number of rotatable bonds is 5. The molecule has 0 fully saturated rings. The fourth-order valence-corrected chi connectivity index (χ4v) is 2.33. The Labute approximate surface area is 106 Å². The van der Waals surface area contributed by atoms with Crippen LogP contribution in [0.2, 0.25) is 0 Å². The summed E-state index contributed by atoms with van der Waals surface area (Å²) in [6, 6.07) is 5.26. The molecule has 0 saturated carbocycles. The van der Waals surface area contributed by atoms with Crippen LogP contribution >= 0.6 is 11.8 Å². The molecule has 0 aliphatic heterocycles. The maximum atomic E-state index is 11.2. The Morgan fingerprint density at radius 2 is 2.24 bits per heavy atom. The van der Waals surface area contributed by atoms with Gasteiger partial charge in [-0.2, -0.15) is 11.8 Å². The molecule has 0 spiro atoms. The summed E-state index contributed by atoms with van der Waals surface area (Å²) in [5.41, 5.74) is 7.04. The first kappa shape index (κ1) is 13.7. The number of nitrogens with two attached hydrogens (primary N) is 1. The number of carboxylic acids is 1. The number of hydrogen-bond acceptors (Lipinski definition) is 4. The Balaban J connectivity index is 3.08. The second-order valence-electron chi connectivity index (χ2n) is 4.00. The molecule has 0 amide bonds. The molecule has 0 heterocycles. The van der Waals surface area contributed by atoms with Gasteiger partial charge in [-0.25, -0.2) is 4.79 Å². The van der Waals surface area contributed by atoms with Crippen molar-refractivity contribution < 1.29 is 9.90 Å². The Hall–Kier alpha value is -1.36. The molecule has 4 nitrogen and oxygen atoms in total. The molecule has 3 N–H and O–H groups in total. The van der Waals surface area contributed by atoms with E-state index in [-0.39, 0.29) is 11.6 Å². The summed E-state index contributed by atoms with van der Waals surface area (Å²) < 4.78 is 0. The van der Waals surface area contributed by atoms with Crippen molar-refractivity contribution in [2.75, 3.05) is 29.7 Å². The van der Waals surface area contributed by atoms with Gasteiger partial charge in [-0.1, -0.05) is 0 Å². The van der Waals surface area contributed by atoms with Crippen LogP contribution in [0.4, 0.5) is 11.4 Å². The second kappa shape index (κ2) is 5.82. The van der Waals surface area contributed by atoms with Gasteiger partial charge in [-0.3, -0.25) is 0 Å². The van der Waals surface area contributed by atoms with Gasteiger partial charge in [-0.05, 0) is 31.4 Å². The average molecular weight is 254 g/mol. The normalized spacial score (nSPS) is 12.2. The highest BCUT2D eigenvalue weighted by molar-refractivity contribution is 7.98. The van der Waals surface area contributed by atoms with E-state index in [9.17, 15) is 4.79 Å². The molecular weight excluding hydrogens is 236 g/mol. The minimum absolute atomic E-state index is 0.250. The van der Waals surface area contributed by atoms with Crippen LogP contribution in [0.25, 0.3) is 0 Å². The lowest BCUT2D eigenvalue weighted by Crippen LogP contribution is -2.32. The minimum atomic E-state index is -0.949. The highest BCUT2D eigenvalue weighted by Crippen LogP contribution is 2.24. The lowest BCUT2D eigenvalue weighted by Gasteiger charge is -2.27. The number of hydrogen-bond donors (Lipinski definition) is 2. The lowest BCUT2D eigenvalue weighted by atomic mass is 10.1. The molecule has 1 aromatic carbocycles. The predicted octanol–water partition coefficient (Wildman–Crippen LogP) is 2.15. The SMILES string of the molecule is CSCC(C)N(C)c1ccc(N)cc1C(=O)O. The highest BCUT2D eigenvalue weighted by atomic mass is 32.2. The number of carbonyl (C=O) groups is 1. The summed E-state index contributed by atoms with van der Waals surface area (Å²) in [6.07, 6.45) is 2.03. The van der Waals surface area contributed by atoms with Crippen molar-refractivity contribution >= 4 is 29.1 Å². The summed E-state index contributed by atoms with van der Waals surface area (Å²) in [5.74, 6) is -0.00423. The fourth-order valence-electron chi connectivity index (χ4n) is 1.62. The van der Waals surface area contributed by atoms with Crippen molar-refractivity contribution in [3.63, 3.8) is 0 Å². The Morgan fingerprint density at radius 1 is 1.59 bits per heavy atom. The maximum absolute atomic E-state index is 11.2. The van der Waals surface area contributed by atoms with Gasteiger partial charge in [0.1, 0.15) is 0 Å². The van der Waals surface area contributed by atoms with E-state index in [1.54, 1.807) is 23.9 Å². The number of nitrogens with zero attached hydrogens (tertiary/aromatic N) is 1. The Morgan fingerprint density at radius 3 is 2.76 bits per heavy atom. The zero-order chi connectivity index (χ0) is 13.0. The average Bonchev–Trinajstić information content (AvgIpc) is 2.28. The van der Waals surface area contributed by atoms with Crippen LogP contribution in [0.1, 0.15) is 17.3 Å². The third kappa shape index (κ3) is 3.30. The molecule has 1 aromatic rings. The van der Waals surface area contributed by atoms with E-state index >= 15 is 0 Å². The molecular formula is C12H18N2O2S. The van der Waals surface area contributed by atoms with Crippen LogP contribution in [0, 0.1) is 0 Å². The van der Waals surface area contributed by atoms with Crippen LogP contribution in [-0.4, -0.2) is 36.2 Å². The van der Waals surface area contributed by atoms with Crippen molar-refractivity contribution in [1.29, 1.82) is 0 Å². The molecule has 0 bridgehead atoms. The summed E-state index contributed by atoms with van der Waals surface area (Å²) in [5, 5.41) is 9.16. The second-order valence-corrected chi connectivity index (χ2v) is 4.91. The molecule has 94 valence electrons.